The molecular formula is C30H34ClN5O2. The minimum absolute atomic E-state index is 0.00255. The van der Waals surface area contributed by atoms with E-state index in [4.69, 9.17) is 11.6 Å². The summed E-state index contributed by atoms with van der Waals surface area (Å²) in [5.74, 6) is -0.310. The number of fused-ring (bicyclic) bond motifs is 1. The summed E-state index contributed by atoms with van der Waals surface area (Å²) in [5, 5.41) is 15.1. The van der Waals surface area contributed by atoms with Gasteiger partial charge in [-0.05, 0) is 54.8 Å². The van der Waals surface area contributed by atoms with Crippen LogP contribution in [0.4, 0.5) is 5.69 Å². The molecule has 1 fully saturated rings. The zero-order valence-corrected chi connectivity index (χ0v) is 22.5. The number of nitrogens with zero attached hydrogens (tertiary/aromatic N) is 3. The Morgan fingerprint density at radius 3 is 2.55 bits per heavy atom. The molecule has 4 aromatic rings. The summed E-state index contributed by atoms with van der Waals surface area (Å²) in [5.41, 5.74) is 5.91. The molecule has 0 saturated carbocycles. The number of aromatic amines is 1. The molecule has 7 nitrogen and oxygen atoms in total. The summed E-state index contributed by atoms with van der Waals surface area (Å²) in [6.07, 6.45) is 4.77. The Balaban J connectivity index is 1.44. The summed E-state index contributed by atoms with van der Waals surface area (Å²) in [6.45, 7) is 7.43. The molecule has 0 bridgehead atoms. The lowest BCUT2D eigenvalue weighted by Gasteiger charge is -2.43. The zero-order valence-electron chi connectivity index (χ0n) is 21.8. The van der Waals surface area contributed by atoms with Gasteiger partial charge in [-0.2, -0.15) is 0 Å². The smallest absolute Gasteiger partial charge is 0.139 e. The fraction of sp³-hybridized carbons (Fsp3) is 0.333. The van der Waals surface area contributed by atoms with E-state index in [0.717, 1.165) is 71.4 Å². The van der Waals surface area contributed by atoms with Gasteiger partial charge in [-0.3, -0.25) is 10.2 Å². The van der Waals surface area contributed by atoms with Crippen molar-refractivity contribution in [2.45, 2.75) is 38.6 Å². The molecule has 38 heavy (non-hydrogen) atoms. The molecule has 3 N–H and O–H groups in total. The number of benzene rings is 2. The van der Waals surface area contributed by atoms with Crippen LogP contribution in [0.3, 0.4) is 0 Å². The third kappa shape index (κ3) is 5.47. The first kappa shape index (κ1) is 26.4. The third-order valence-electron chi connectivity index (χ3n) is 7.25. The molecule has 1 aliphatic heterocycles. The Morgan fingerprint density at radius 2 is 1.87 bits per heavy atom. The van der Waals surface area contributed by atoms with Crippen molar-refractivity contribution in [2.24, 2.45) is 0 Å². The summed E-state index contributed by atoms with van der Waals surface area (Å²) in [4.78, 5) is 25.1. The van der Waals surface area contributed by atoms with Crippen molar-refractivity contribution in [1.82, 2.24) is 20.2 Å². The second-order valence-electron chi connectivity index (χ2n) is 10.1. The van der Waals surface area contributed by atoms with E-state index in [-0.39, 0.29) is 24.7 Å². The summed E-state index contributed by atoms with van der Waals surface area (Å²) >= 11 is 6.11. The van der Waals surface area contributed by atoms with Gasteiger partial charge in [0.15, 0.2) is 0 Å². The molecule has 0 aliphatic carbocycles. The summed E-state index contributed by atoms with van der Waals surface area (Å²) < 4.78 is 0. The SMILES string of the molecule is CC(C)NC(C(C=O)c1ccc(Cl)cc1)N1CCN(c2c(-c3cccc(CO)c3)cnc3[nH]ccc23)CC1. The highest BCUT2D eigenvalue weighted by Crippen LogP contribution is 2.37. The fourth-order valence-corrected chi connectivity index (χ4v) is 5.53. The van der Waals surface area contributed by atoms with Gasteiger partial charge in [0.25, 0.3) is 0 Å². The number of hydrogen-bond acceptors (Lipinski definition) is 6. The average Bonchev–Trinajstić information content (AvgIpc) is 3.42. The predicted octanol–water partition coefficient (Wildman–Crippen LogP) is 4.80. The van der Waals surface area contributed by atoms with Crippen LogP contribution in [-0.2, 0) is 11.4 Å². The Hall–Kier alpha value is -3.23. The van der Waals surface area contributed by atoms with Crippen LogP contribution in [0.25, 0.3) is 22.2 Å². The topological polar surface area (TPSA) is 84.5 Å². The van der Waals surface area contributed by atoms with Gasteiger partial charge in [-0.25, -0.2) is 4.98 Å². The van der Waals surface area contributed by atoms with E-state index < -0.39 is 0 Å². The van der Waals surface area contributed by atoms with Gasteiger partial charge in [-0.15, -0.1) is 0 Å². The molecule has 198 valence electrons. The maximum absolute atomic E-state index is 12.4. The molecule has 5 rings (SSSR count). The zero-order chi connectivity index (χ0) is 26.6. The standard InChI is InChI=1S/C30H34ClN5O2/c1-20(2)34-30(27(19-38)22-6-8-24(31)9-7-22)36-14-12-35(13-15-36)28-25-10-11-32-29(25)33-17-26(28)23-5-3-4-21(16-23)18-37/h3-11,16-17,19-20,27,30,34,37H,12-15,18H2,1-2H3,(H,32,33). The fourth-order valence-electron chi connectivity index (χ4n) is 5.40. The maximum atomic E-state index is 12.4. The third-order valence-corrected chi connectivity index (χ3v) is 7.50. The number of aldehydes is 1. The van der Waals surface area contributed by atoms with E-state index in [1.165, 1.54) is 0 Å². The van der Waals surface area contributed by atoms with E-state index in [9.17, 15) is 9.90 Å². The number of aliphatic hydroxyl groups excluding tert-OH is 1. The van der Waals surface area contributed by atoms with Crippen molar-refractivity contribution in [3.05, 3.63) is 83.1 Å². The molecule has 2 aromatic carbocycles. The number of hydrogen-bond donors (Lipinski definition) is 3. The van der Waals surface area contributed by atoms with Crippen molar-refractivity contribution in [2.75, 3.05) is 31.1 Å². The van der Waals surface area contributed by atoms with Gasteiger partial charge in [0.05, 0.1) is 24.4 Å². The normalized spacial score (nSPS) is 16.2. The molecule has 3 heterocycles. The molecule has 2 atom stereocenters. The number of aliphatic hydroxyl groups is 1. The first-order valence-corrected chi connectivity index (χ1v) is 13.5. The van der Waals surface area contributed by atoms with Crippen LogP contribution in [0.5, 0.6) is 0 Å². The number of nitrogens with one attached hydrogen (secondary N) is 2. The highest BCUT2D eigenvalue weighted by molar-refractivity contribution is 6.30. The molecular weight excluding hydrogens is 498 g/mol. The largest absolute Gasteiger partial charge is 0.392 e. The first-order valence-electron chi connectivity index (χ1n) is 13.1. The number of carbonyl (C=O) groups excluding carboxylic acids is 1. The molecule has 0 amide bonds. The average molecular weight is 532 g/mol. The van der Waals surface area contributed by atoms with Crippen LogP contribution < -0.4 is 10.2 Å². The van der Waals surface area contributed by atoms with E-state index in [0.29, 0.717) is 5.02 Å². The lowest BCUT2D eigenvalue weighted by Crippen LogP contribution is -2.58. The maximum Gasteiger partial charge on any atom is 0.139 e. The Morgan fingerprint density at radius 1 is 1.11 bits per heavy atom. The molecule has 1 saturated heterocycles. The number of pyridine rings is 1. The van der Waals surface area contributed by atoms with E-state index >= 15 is 0 Å². The monoisotopic (exact) mass is 531 g/mol. The van der Waals surface area contributed by atoms with E-state index in [2.05, 4.69) is 51.1 Å². The molecule has 2 aromatic heterocycles. The quantitative estimate of drug-likeness (QED) is 0.269. The molecule has 2 unspecified atom stereocenters. The second-order valence-corrected chi connectivity index (χ2v) is 10.6. The Labute approximate surface area is 228 Å². The number of aromatic nitrogens is 2. The Kier molecular flexibility index (Phi) is 8.09. The molecule has 0 radical (unpaired) electrons. The first-order chi connectivity index (χ1) is 18.5. The van der Waals surface area contributed by atoms with Crippen LogP contribution in [0.15, 0.2) is 67.0 Å². The van der Waals surface area contributed by atoms with Crippen LogP contribution in [-0.4, -0.2) is 64.6 Å². The van der Waals surface area contributed by atoms with Gasteiger partial charge in [0, 0.05) is 60.6 Å². The van der Waals surface area contributed by atoms with Crippen LogP contribution in [0, 0.1) is 0 Å². The highest BCUT2D eigenvalue weighted by Gasteiger charge is 2.32. The number of halogens is 1. The number of piperazine rings is 1. The minimum atomic E-state index is -0.310. The lowest BCUT2D eigenvalue weighted by atomic mass is 9.95. The predicted molar refractivity (Wildman–Crippen MR) is 154 cm³/mol. The highest BCUT2D eigenvalue weighted by atomic mass is 35.5. The van der Waals surface area contributed by atoms with Gasteiger partial charge in [0.2, 0.25) is 0 Å². The van der Waals surface area contributed by atoms with Crippen molar-refractivity contribution >= 4 is 34.6 Å². The number of rotatable bonds is 9. The molecule has 0 spiro atoms. The van der Waals surface area contributed by atoms with Gasteiger partial charge in [0.1, 0.15) is 11.9 Å². The van der Waals surface area contributed by atoms with Crippen molar-refractivity contribution in [3.8, 4) is 11.1 Å². The van der Waals surface area contributed by atoms with Crippen LogP contribution in [0.1, 0.15) is 30.9 Å². The molecule has 1 aliphatic rings. The van der Waals surface area contributed by atoms with Crippen molar-refractivity contribution in [3.63, 3.8) is 0 Å². The Bertz CT molecular complexity index is 1380. The van der Waals surface area contributed by atoms with Gasteiger partial charge in [-0.1, -0.05) is 41.9 Å². The lowest BCUT2D eigenvalue weighted by molar-refractivity contribution is -0.111. The van der Waals surface area contributed by atoms with Crippen molar-refractivity contribution < 1.29 is 9.90 Å². The van der Waals surface area contributed by atoms with E-state index in [1.54, 1.807) is 0 Å². The number of anilines is 1. The van der Waals surface area contributed by atoms with Crippen LogP contribution >= 0.6 is 11.6 Å². The minimum Gasteiger partial charge on any atom is -0.392 e. The van der Waals surface area contributed by atoms with Gasteiger partial charge < -0.3 is 19.8 Å². The van der Waals surface area contributed by atoms with Crippen molar-refractivity contribution in [1.29, 1.82) is 0 Å². The number of H-pyrrole nitrogens is 1. The summed E-state index contributed by atoms with van der Waals surface area (Å²) in [7, 11) is 0. The van der Waals surface area contributed by atoms with Gasteiger partial charge >= 0.3 is 0 Å². The molecule has 8 heteroatoms. The van der Waals surface area contributed by atoms with Crippen LogP contribution in [0.2, 0.25) is 5.02 Å². The number of carbonyl (C=O) groups is 1. The second kappa shape index (κ2) is 11.7. The van der Waals surface area contributed by atoms with E-state index in [1.807, 2.05) is 54.9 Å². The summed E-state index contributed by atoms with van der Waals surface area (Å²) in [6, 6.07) is 17.9.